The number of halogens is 1. The van der Waals surface area contributed by atoms with Crippen molar-refractivity contribution in [3.63, 3.8) is 0 Å². The van der Waals surface area contributed by atoms with Crippen molar-refractivity contribution >= 4 is 35.6 Å². The first-order chi connectivity index (χ1) is 16.3. The van der Waals surface area contributed by atoms with Crippen LogP contribution >= 0.6 is 0 Å². The summed E-state index contributed by atoms with van der Waals surface area (Å²) in [5.74, 6) is -2.68. The second-order valence-corrected chi connectivity index (χ2v) is 7.29. The van der Waals surface area contributed by atoms with Crippen LogP contribution in [0.4, 0.5) is 14.9 Å². The Hall–Kier alpha value is -4.79. The Balaban J connectivity index is 1.47. The molecular formula is C25H17FN2O6. The Bertz CT molecular complexity index is 1300. The molecule has 3 aromatic rings. The first-order valence-corrected chi connectivity index (χ1v) is 10.0. The monoisotopic (exact) mass is 460 g/mol. The van der Waals surface area contributed by atoms with Crippen LogP contribution in [-0.2, 0) is 16.2 Å². The van der Waals surface area contributed by atoms with Crippen LogP contribution in [0.15, 0.2) is 78.4 Å². The van der Waals surface area contributed by atoms with Crippen molar-refractivity contribution in [3.05, 3.63) is 101 Å². The largest absolute Gasteiger partial charge is 0.489 e. The molecule has 1 fully saturated rings. The Morgan fingerprint density at radius 1 is 0.941 bits per heavy atom. The maximum absolute atomic E-state index is 13.2. The van der Waals surface area contributed by atoms with Crippen LogP contribution in [0, 0.1) is 5.82 Å². The predicted octanol–water partition coefficient (Wildman–Crippen LogP) is 3.77. The van der Waals surface area contributed by atoms with E-state index in [1.165, 1.54) is 30.3 Å². The van der Waals surface area contributed by atoms with Crippen molar-refractivity contribution in [2.24, 2.45) is 0 Å². The van der Waals surface area contributed by atoms with E-state index in [0.717, 1.165) is 22.6 Å². The van der Waals surface area contributed by atoms with E-state index in [2.05, 4.69) is 5.32 Å². The van der Waals surface area contributed by atoms with Gasteiger partial charge in [0, 0.05) is 0 Å². The topological polar surface area (TPSA) is 113 Å². The van der Waals surface area contributed by atoms with Crippen LogP contribution in [-0.4, -0.2) is 28.9 Å². The summed E-state index contributed by atoms with van der Waals surface area (Å²) in [6.45, 7) is 0.218. The number of imide groups is 2. The average Bonchev–Trinajstić information content (AvgIpc) is 2.82. The summed E-state index contributed by atoms with van der Waals surface area (Å²) in [5.41, 5.74) is 1.36. The second-order valence-electron chi connectivity index (χ2n) is 7.29. The maximum Gasteiger partial charge on any atom is 0.335 e. The Morgan fingerprint density at radius 2 is 1.59 bits per heavy atom. The number of anilines is 1. The van der Waals surface area contributed by atoms with Gasteiger partial charge >= 0.3 is 12.0 Å². The molecule has 1 aliphatic rings. The van der Waals surface area contributed by atoms with Gasteiger partial charge in [-0.2, -0.15) is 0 Å². The van der Waals surface area contributed by atoms with Crippen LogP contribution in [0.5, 0.6) is 5.75 Å². The highest BCUT2D eigenvalue weighted by Crippen LogP contribution is 2.23. The molecule has 0 saturated carbocycles. The molecule has 9 heteroatoms. The molecule has 4 amide bonds. The van der Waals surface area contributed by atoms with E-state index in [1.807, 2.05) is 0 Å². The van der Waals surface area contributed by atoms with Crippen molar-refractivity contribution in [1.82, 2.24) is 5.32 Å². The molecule has 0 radical (unpaired) electrons. The van der Waals surface area contributed by atoms with E-state index in [1.54, 1.807) is 36.4 Å². The molecular weight excluding hydrogens is 443 g/mol. The van der Waals surface area contributed by atoms with E-state index in [9.17, 15) is 23.6 Å². The van der Waals surface area contributed by atoms with Gasteiger partial charge in [0.1, 0.15) is 23.7 Å². The van der Waals surface area contributed by atoms with Crippen molar-refractivity contribution in [1.29, 1.82) is 0 Å². The SMILES string of the molecule is O=C1NC(=O)N(c2ccc(F)cc2)C(=O)/C1=C/c1ccc(OCc2ccc(C(=O)O)cc2)cc1. The molecule has 3 aromatic carbocycles. The molecule has 1 aliphatic heterocycles. The van der Waals surface area contributed by atoms with Crippen molar-refractivity contribution in [3.8, 4) is 5.75 Å². The van der Waals surface area contributed by atoms with Gasteiger partial charge in [-0.3, -0.25) is 14.9 Å². The minimum atomic E-state index is -1.01. The fraction of sp³-hybridized carbons (Fsp3) is 0.0400. The highest BCUT2D eigenvalue weighted by molar-refractivity contribution is 6.39. The number of ether oxygens (including phenoxy) is 1. The van der Waals surface area contributed by atoms with Gasteiger partial charge in [-0.1, -0.05) is 24.3 Å². The number of nitrogens with one attached hydrogen (secondary N) is 1. The molecule has 170 valence electrons. The van der Waals surface area contributed by atoms with Gasteiger partial charge in [0.25, 0.3) is 11.8 Å². The zero-order valence-electron chi connectivity index (χ0n) is 17.5. The molecule has 1 heterocycles. The number of rotatable bonds is 6. The molecule has 8 nitrogen and oxygen atoms in total. The van der Waals surface area contributed by atoms with Gasteiger partial charge < -0.3 is 9.84 Å². The van der Waals surface area contributed by atoms with Crippen LogP contribution in [0.1, 0.15) is 21.5 Å². The molecule has 0 bridgehead atoms. The van der Waals surface area contributed by atoms with E-state index >= 15 is 0 Å². The number of amides is 4. The number of benzene rings is 3. The molecule has 2 N–H and O–H groups in total. The number of urea groups is 1. The lowest BCUT2D eigenvalue weighted by Crippen LogP contribution is -2.54. The number of nitrogens with zero attached hydrogens (tertiary/aromatic N) is 1. The van der Waals surface area contributed by atoms with Crippen LogP contribution in [0.2, 0.25) is 0 Å². The quantitative estimate of drug-likeness (QED) is 0.428. The van der Waals surface area contributed by atoms with E-state index in [4.69, 9.17) is 9.84 Å². The third-order valence-electron chi connectivity index (χ3n) is 4.98. The maximum atomic E-state index is 13.2. The average molecular weight is 460 g/mol. The fourth-order valence-electron chi connectivity index (χ4n) is 3.22. The van der Waals surface area contributed by atoms with Gasteiger partial charge in [0.15, 0.2) is 0 Å². The standard InChI is InChI=1S/C25H17FN2O6/c26-18-7-9-19(10-8-18)28-23(30)21(22(29)27-25(28)33)13-15-3-11-20(12-4-15)34-14-16-1-5-17(6-2-16)24(31)32/h1-13H,14H2,(H,31,32)(H,27,29,33)/b21-13+. The highest BCUT2D eigenvalue weighted by atomic mass is 19.1. The summed E-state index contributed by atoms with van der Waals surface area (Å²) < 4.78 is 18.9. The lowest BCUT2D eigenvalue weighted by atomic mass is 10.1. The lowest BCUT2D eigenvalue weighted by molar-refractivity contribution is -0.122. The highest BCUT2D eigenvalue weighted by Gasteiger charge is 2.36. The summed E-state index contributed by atoms with van der Waals surface area (Å²) in [4.78, 5) is 49.0. The summed E-state index contributed by atoms with van der Waals surface area (Å²) in [6, 6.07) is 16.7. The summed E-state index contributed by atoms with van der Waals surface area (Å²) >= 11 is 0. The first-order valence-electron chi connectivity index (χ1n) is 10.0. The molecule has 0 aliphatic carbocycles. The second kappa shape index (κ2) is 9.37. The number of barbiturate groups is 1. The number of hydrogen-bond acceptors (Lipinski definition) is 5. The van der Waals surface area contributed by atoms with Gasteiger partial charge in [0.05, 0.1) is 11.3 Å². The molecule has 4 rings (SSSR count). The molecule has 0 aromatic heterocycles. The van der Waals surface area contributed by atoms with Crippen LogP contribution < -0.4 is 15.0 Å². The molecule has 0 spiro atoms. The third kappa shape index (κ3) is 4.83. The predicted molar refractivity (Wildman–Crippen MR) is 120 cm³/mol. The minimum Gasteiger partial charge on any atom is -0.489 e. The molecule has 1 saturated heterocycles. The molecule has 0 atom stereocenters. The fourth-order valence-corrected chi connectivity index (χ4v) is 3.22. The zero-order chi connectivity index (χ0) is 24.2. The summed E-state index contributed by atoms with van der Waals surface area (Å²) in [6.07, 6.45) is 1.34. The van der Waals surface area contributed by atoms with Crippen molar-refractivity contribution in [2.75, 3.05) is 4.90 Å². The van der Waals surface area contributed by atoms with Crippen molar-refractivity contribution < 1.29 is 33.4 Å². The number of carboxylic acid groups (broad SMARTS) is 1. The minimum absolute atomic E-state index is 0.127. The van der Waals surface area contributed by atoms with E-state index < -0.39 is 29.6 Å². The summed E-state index contributed by atoms with van der Waals surface area (Å²) in [5, 5.41) is 11.0. The van der Waals surface area contributed by atoms with Gasteiger partial charge in [-0.25, -0.2) is 18.9 Å². The van der Waals surface area contributed by atoms with Gasteiger partial charge in [-0.05, 0) is 65.7 Å². The van der Waals surface area contributed by atoms with Crippen LogP contribution in [0.3, 0.4) is 0 Å². The van der Waals surface area contributed by atoms with E-state index in [-0.39, 0.29) is 23.4 Å². The smallest absolute Gasteiger partial charge is 0.335 e. The number of carboxylic acids is 1. The third-order valence-corrected chi connectivity index (χ3v) is 4.98. The normalized spacial score (nSPS) is 14.8. The van der Waals surface area contributed by atoms with Crippen molar-refractivity contribution in [2.45, 2.75) is 6.61 Å². The summed E-state index contributed by atoms with van der Waals surface area (Å²) in [7, 11) is 0. The molecule has 34 heavy (non-hydrogen) atoms. The van der Waals surface area contributed by atoms with Crippen LogP contribution in [0.25, 0.3) is 6.08 Å². The zero-order valence-corrected chi connectivity index (χ0v) is 17.5. The Kier molecular flexibility index (Phi) is 6.18. The number of carbonyl (C=O) groups is 4. The number of aromatic carboxylic acids is 1. The number of hydrogen-bond donors (Lipinski definition) is 2. The van der Waals surface area contributed by atoms with Gasteiger partial charge in [0.2, 0.25) is 0 Å². The van der Waals surface area contributed by atoms with E-state index in [0.29, 0.717) is 11.3 Å². The van der Waals surface area contributed by atoms with Gasteiger partial charge in [-0.15, -0.1) is 0 Å². The first kappa shape index (κ1) is 22.4. The Labute approximate surface area is 192 Å². The number of carbonyl (C=O) groups excluding carboxylic acids is 3. The lowest BCUT2D eigenvalue weighted by Gasteiger charge is -2.26. The molecule has 0 unspecified atom stereocenters. The Morgan fingerprint density at radius 3 is 2.21 bits per heavy atom.